The molecule has 28 heavy (non-hydrogen) atoms. The minimum atomic E-state index is -0.885. The average Bonchev–Trinajstić information content (AvgIpc) is 3.17. The lowest BCUT2D eigenvalue weighted by molar-refractivity contribution is -0.131. The van der Waals surface area contributed by atoms with Gasteiger partial charge in [0.05, 0.1) is 0 Å². The van der Waals surface area contributed by atoms with Gasteiger partial charge in [-0.25, -0.2) is 4.79 Å². The van der Waals surface area contributed by atoms with Crippen LogP contribution < -0.4 is 0 Å². The first kappa shape index (κ1) is 20.9. The van der Waals surface area contributed by atoms with E-state index in [-0.39, 0.29) is 16.2 Å². The van der Waals surface area contributed by atoms with Crippen molar-refractivity contribution in [2.75, 3.05) is 0 Å². The van der Waals surface area contributed by atoms with Gasteiger partial charge in [0.1, 0.15) is 0 Å². The second kappa shape index (κ2) is 6.90. The van der Waals surface area contributed by atoms with Gasteiger partial charge in [-0.15, -0.1) is 0 Å². The van der Waals surface area contributed by atoms with Crippen LogP contribution >= 0.6 is 0 Å². The van der Waals surface area contributed by atoms with Crippen molar-refractivity contribution in [1.29, 1.82) is 0 Å². The largest absolute Gasteiger partial charge is 0.478 e. The van der Waals surface area contributed by atoms with Gasteiger partial charge in [0, 0.05) is 11.5 Å². The molecule has 0 bridgehead atoms. The predicted octanol–water partition coefficient (Wildman–Crippen LogP) is 6.54. The van der Waals surface area contributed by atoms with E-state index in [1.54, 1.807) is 5.56 Å². The molecule has 2 heteroatoms. The number of hydrogen-bond acceptors (Lipinski definition) is 1. The van der Waals surface area contributed by atoms with E-state index < -0.39 is 5.97 Å². The Kier molecular flexibility index (Phi) is 5.15. The summed E-state index contributed by atoms with van der Waals surface area (Å²) in [5.74, 6) is 0.125. The molecule has 0 aliphatic heterocycles. The highest BCUT2D eigenvalue weighted by atomic mass is 16.4. The Morgan fingerprint density at radius 1 is 1.18 bits per heavy atom. The highest BCUT2D eigenvalue weighted by Crippen LogP contribution is 2.61. The van der Waals surface area contributed by atoms with Crippen LogP contribution in [-0.4, -0.2) is 11.1 Å². The first-order chi connectivity index (χ1) is 13.0. The summed E-state index contributed by atoms with van der Waals surface area (Å²) in [4.78, 5) is 10.8. The molecular formula is C26H36O2. The number of hydrogen-bond donors (Lipinski definition) is 1. The Balaban J connectivity index is 1.95. The Morgan fingerprint density at radius 2 is 1.86 bits per heavy atom. The van der Waals surface area contributed by atoms with E-state index in [9.17, 15) is 4.79 Å². The molecule has 1 fully saturated rings. The molecule has 0 heterocycles. The van der Waals surface area contributed by atoms with Crippen LogP contribution in [0.4, 0.5) is 0 Å². The second-order valence-electron chi connectivity index (χ2n) is 10.2. The number of allylic oxidation sites excluding steroid dienone is 3. The third-order valence-electron chi connectivity index (χ3n) is 8.09. The molecule has 2 unspecified atom stereocenters. The van der Waals surface area contributed by atoms with Crippen LogP contribution in [0.2, 0.25) is 0 Å². The van der Waals surface area contributed by atoms with E-state index in [0.717, 1.165) is 5.57 Å². The monoisotopic (exact) mass is 380 g/mol. The molecular weight excluding hydrogens is 344 g/mol. The lowest BCUT2D eigenvalue weighted by atomic mass is 9.61. The Morgan fingerprint density at radius 3 is 2.46 bits per heavy atom. The maximum atomic E-state index is 10.8. The van der Waals surface area contributed by atoms with Gasteiger partial charge in [-0.3, -0.25) is 0 Å². The number of carboxylic acid groups (broad SMARTS) is 1. The van der Waals surface area contributed by atoms with Gasteiger partial charge in [0.15, 0.2) is 0 Å². The van der Waals surface area contributed by atoms with E-state index in [1.165, 1.54) is 36.5 Å². The third kappa shape index (κ3) is 3.36. The fraction of sp³-hybridized carbons (Fsp3) is 0.577. The number of benzene rings is 1. The molecule has 1 aromatic rings. The van der Waals surface area contributed by atoms with Gasteiger partial charge >= 0.3 is 5.97 Å². The van der Waals surface area contributed by atoms with E-state index in [1.807, 2.05) is 13.0 Å². The van der Waals surface area contributed by atoms with Crippen LogP contribution in [0.1, 0.15) is 84.4 Å². The number of fused-ring (bicyclic) bond motifs is 1. The molecule has 1 saturated carbocycles. The summed E-state index contributed by atoms with van der Waals surface area (Å²) >= 11 is 0. The van der Waals surface area contributed by atoms with E-state index in [2.05, 4.69) is 65.8 Å². The van der Waals surface area contributed by atoms with Gasteiger partial charge in [0.2, 0.25) is 0 Å². The second-order valence-corrected chi connectivity index (χ2v) is 10.2. The number of carboxylic acids is 1. The van der Waals surface area contributed by atoms with E-state index in [0.29, 0.717) is 11.8 Å². The minimum absolute atomic E-state index is 0.130. The third-order valence-corrected chi connectivity index (χ3v) is 8.09. The number of rotatable bonds is 5. The minimum Gasteiger partial charge on any atom is -0.478 e. The molecule has 0 saturated heterocycles. The molecule has 0 aromatic heterocycles. The van der Waals surface area contributed by atoms with Crippen LogP contribution in [0.25, 0.3) is 0 Å². The Bertz CT molecular complexity index is 844. The zero-order chi connectivity index (χ0) is 20.9. The normalized spacial score (nSPS) is 34.3. The summed E-state index contributed by atoms with van der Waals surface area (Å²) in [5.41, 5.74) is 5.94. The molecule has 2 aliphatic carbocycles. The Labute approximate surface area is 170 Å². The Hall–Kier alpha value is -1.83. The summed E-state index contributed by atoms with van der Waals surface area (Å²) in [6.07, 6.45) is 9.13. The summed E-state index contributed by atoms with van der Waals surface area (Å²) in [7, 11) is 0. The van der Waals surface area contributed by atoms with Crippen LogP contribution in [0.5, 0.6) is 0 Å². The van der Waals surface area contributed by atoms with Crippen molar-refractivity contribution in [3.63, 3.8) is 0 Å². The van der Waals surface area contributed by atoms with Gasteiger partial charge in [-0.05, 0) is 71.1 Å². The first-order valence-electron chi connectivity index (χ1n) is 10.7. The molecule has 2 aliphatic rings. The van der Waals surface area contributed by atoms with Crippen molar-refractivity contribution in [3.8, 4) is 0 Å². The smallest absolute Gasteiger partial charge is 0.328 e. The fourth-order valence-corrected chi connectivity index (χ4v) is 5.28. The molecule has 4 atom stereocenters. The molecule has 0 spiro atoms. The van der Waals surface area contributed by atoms with Crippen LogP contribution in [-0.2, 0) is 21.0 Å². The lowest BCUT2D eigenvalue weighted by Gasteiger charge is -2.44. The van der Waals surface area contributed by atoms with E-state index in [4.69, 9.17) is 5.11 Å². The standard InChI is InChI=1S/C26H36O2/c1-8-25(6)14-13-24(4,5)22-16-19(10-12-21(22)25)26(7)18(3)20(26)11-9-17(2)15-23(27)28/h9-12,15-16,18,20H,8,13-14H2,1-7H3,(H,27,28)/b11-9+,17-15+/t18-,20?,25?,26+/m0/s1. The lowest BCUT2D eigenvalue weighted by Crippen LogP contribution is -2.35. The van der Waals surface area contributed by atoms with Gasteiger partial charge in [0.25, 0.3) is 0 Å². The van der Waals surface area contributed by atoms with E-state index >= 15 is 0 Å². The average molecular weight is 381 g/mol. The molecule has 1 N–H and O–H groups in total. The van der Waals surface area contributed by atoms with Gasteiger partial charge in [-0.1, -0.05) is 71.9 Å². The van der Waals surface area contributed by atoms with Crippen molar-refractivity contribution in [1.82, 2.24) is 0 Å². The highest BCUT2D eigenvalue weighted by molar-refractivity contribution is 5.81. The summed E-state index contributed by atoms with van der Waals surface area (Å²) < 4.78 is 0. The van der Waals surface area contributed by atoms with Crippen LogP contribution in [0.3, 0.4) is 0 Å². The maximum absolute atomic E-state index is 10.8. The molecule has 1 aromatic carbocycles. The van der Waals surface area contributed by atoms with Crippen molar-refractivity contribution >= 4 is 5.97 Å². The predicted molar refractivity (Wildman–Crippen MR) is 117 cm³/mol. The molecule has 152 valence electrons. The number of carbonyl (C=O) groups is 1. The quantitative estimate of drug-likeness (QED) is 0.465. The van der Waals surface area contributed by atoms with Crippen molar-refractivity contribution < 1.29 is 9.90 Å². The van der Waals surface area contributed by atoms with Crippen LogP contribution in [0, 0.1) is 11.8 Å². The summed E-state index contributed by atoms with van der Waals surface area (Å²) in [5, 5.41) is 8.91. The fourth-order valence-electron chi connectivity index (χ4n) is 5.28. The van der Waals surface area contributed by atoms with Crippen LogP contribution in [0.15, 0.2) is 42.0 Å². The molecule has 2 nitrogen and oxygen atoms in total. The summed E-state index contributed by atoms with van der Waals surface area (Å²) in [6, 6.07) is 7.26. The van der Waals surface area contributed by atoms with Gasteiger partial charge < -0.3 is 5.11 Å². The van der Waals surface area contributed by atoms with Gasteiger partial charge in [-0.2, -0.15) is 0 Å². The van der Waals surface area contributed by atoms with Crippen molar-refractivity contribution in [2.24, 2.45) is 11.8 Å². The molecule has 3 rings (SSSR count). The number of aliphatic carboxylic acids is 1. The van der Waals surface area contributed by atoms with Crippen molar-refractivity contribution in [3.05, 3.63) is 58.7 Å². The zero-order valence-corrected chi connectivity index (χ0v) is 18.6. The highest BCUT2D eigenvalue weighted by Gasteiger charge is 2.58. The van der Waals surface area contributed by atoms with Crippen molar-refractivity contribution in [2.45, 2.75) is 84.0 Å². The molecule has 0 amide bonds. The zero-order valence-electron chi connectivity index (χ0n) is 18.6. The first-order valence-corrected chi connectivity index (χ1v) is 10.7. The topological polar surface area (TPSA) is 37.3 Å². The SMILES string of the molecule is CCC1(C)CCC(C)(C)c2cc([C@]3(C)C(/C=C/C(C)=C/C(=O)O)[C@@H]3C)ccc21. The summed E-state index contributed by atoms with van der Waals surface area (Å²) in [6.45, 7) is 16.0. The molecule has 0 radical (unpaired) electrons. The maximum Gasteiger partial charge on any atom is 0.328 e.